The van der Waals surface area contributed by atoms with E-state index in [-0.39, 0.29) is 0 Å². The third kappa shape index (κ3) is 3.48. The Bertz CT molecular complexity index is 880. The predicted octanol–water partition coefficient (Wildman–Crippen LogP) is 4.01. The molecule has 2 N–H and O–H groups in total. The number of carboxylic acid groups (broad SMARTS) is 1. The first-order valence-electron chi connectivity index (χ1n) is 9.05. The summed E-state index contributed by atoms with van der Waals surface area (Å²) in [6.07, 6.45) is 3.08. The number of carboxylic acids is 1. The van der Waals surface area contributed by atoms with Gasteiger partial charge in [-0.1, -0.05) is 38.1 Å². The molecule has 1 heterocycles. The largest absolute Gasteiger partial charge is 0.481 e. The fourth-order valence-electron chi connectivity index (χ4n) is 3.26. The number of imidazole rings is 1. The SMILES string of the molecule is CCC(CC)(CNCc1ccc(-n2cnc3ccccc32)cc1)C(=O)O. The average Bonchev–Trinajstić information content (AvgIpc) is 3.10. The zero-order chi connectivity index (χ0) is 18.6. The third-order valence-electron chi connectivity index (χ3n) is 5.27. The minimum atomic E-state index is -0.725. The number of nitrogens with zero attached hydrogens (tertiary/aromatic N) is 2. The van der Waals surface area contributed by atoms with Crippen LogP contribution in [0.2, 0.25) is 0 Å². The van der Waals surface area contributed by atoms with Gasteiger partial charge >= 0.3 is 5.97 Å². The Hall–Kier alpha value is -2.66. The molecule has 0 spiro atoms. The standard InChI is InChI=1S/C21H25N3O2/c1-3-21(4-2,20(25)26)14-22-13-16-9-11-17(12-10-16)24-15-23-18-7-5-6-8-19(18)24/h5-12,15,22H,3-4,13-14H2,1-2H3,(H,25,26). The summed E-state index contributed by atoms with van der Waals surface area (Å²) in [6, 6.07) is 16.3. The van der Waals surface area contributed by atoms with Crippen LogP contribution in [0.25, 0.3) is 16.7 Å². The van der Waals surface area contributed by atoms with Crippen molar-refractivity contribution in [2.75, 3.05) is 6.54 Å². The molecule has 0 unspecified atom stereocenters. The molecular weight excluding hydrogens is 326 g/mol. The topological polar surface area (TPSA) is 67.2 Å². The van der Waals surface area contributed by atoms with Crippen molar-refractivity contribution >= 4 is 17.0 Å². The van der Waals surface area contributed by atoms with E-state index in [9.17, 15) is 9.90 Å². The van der Waals surface area contributed by atoms with E-state index in [1.807, 2.05) is 38.4 Å². The van der Waals surface area contributed by atoms with E-state index in [1.165, 1.54) is 0 Å². The number of benzene rings is 2. The van der Waals surface area contributed by atoms with E-state index < -0.39 is 11.4 Å². The fraction of sp³-hybridized carbons (Fsp3) is 0.333. The molecule has 3 aromatic rings. The number of fused-ring (bicyclic) bond motifs is 1. The second-order valence-electron chi connectivity index (χ2n) is 6.67. The van der Waals surface area contributed by atoms with Gasteiger partial charge in [-0.25, -0.2) is 4.98 Å². The first-order valence-corrected chi connectivity index (χ1v) is 9.05. The van der Waals surface area contributed by atoms with Crippen molar-refractivity contribution in [2.45, 2.75) is 33.2 Å². The molecule has 0 amide bonds. The summed E-state index contributed by atoms with van der Waals surface area (Å²) in [4.78, 5) is 16.0. The Balaban J connectivity index is 1.68. The van der Waals surface area contributed by atoms with Gasteiger partial charge in [-0.15, -0.1) is 0 Å². The Morgan fingerprint density at radius 2 is 1.81 bits per heavy atom. The number of aliphatic carboxylic acids is 1. The lowest BCUT2D eigenvalue weighted by Gasteiger charge is -2.27. The van der Waals surface area contributed by atoms with Crippen LogP contribution in [0.4, 0.5) is 0 Å². The Kier molecular flexibility index (Phi) is 5.38. The van der Waals surface area contributed by atoms with Crippen molar-refractivity contribution in [1.29, 1.82) is 0 Å². The molecule has 26 heavy (non-hydrogen) atoms. The summed E-state index contributed by atoms with van der Waals surface area (Å²) in [6.45, 7) is 5.00. The van der Waals surface area contributed by atoms with Gasteiger partial charge in [0, 0.05) is 18.8 Å². The number of para-hydroxylation sites is 2. The molecule has 0 radical (unpaired) electrons. The van der Waals surface area contributed by atoms with Gasteiger partial charge < -0.3 is 10.4 Å². The van der Waals surface area contributed by atoms with E-state index in [0.717, 1.165) is 22.3 Å². The van der Waals surface area contributed by atoms with Crippen LogP contribution in [0, 0.1) is 5.41 Å². The van der Waals surface area contributed by atoms with Gasteiger partial charge in [0.25, 0.3) is 0 Å². The van der Waals surface area contributed by atoms with Crippen molar-refractivity contribution in [2.24, 2.45) is 5.41 Å². The summed E-state index contributed by atoms with van der Waals surface area (Å²) in [7, 11) is 0. The summed E-state index contributed by atoms with van der Waals surface area (Å²) >= 11 is 0. The monoisotopic (exact) mass is 351 g/mol. The first-order chi connectivity index (χ1) is 12.6. The molecule has 0 atom stereocenters. The minimum absolute atomic E-state index is 0.475. The number of nitrogens with one attached hydrogen (secondary N) is 1. The molecule has 2 aromatic carbocycles. The molecule has 0 aliphatic carbocycles. The maximum Gasteiger partial charge on any atom is 0.310 e. The van der Waals surface area contributed by atoms with E-state index in [1.54, 1.807) is 0 Å². The van der Waals surface area contributed by atoms with Crippen molar-refractivity contribution in [1.82, 2.24) is 14.9 Å². The van der Waals surface area contributed by atoms with E-state index in [0.29, 0.717) is 25.9 Å². The predicted molar refractivity (Wildman–Crippen MR) is 103 cm³/mol. The van der Waals surface area contributed by atoms with Gasteiger partial charge in [0.05, 0.1) is 16.4 Å². The van der Waals surface area contributed by atoms with Crippen LogP contribution in [0.15, 0.2) is 54.9 Å². The fourth-order valence-corrected chi connectivity index (χ4v) is 3.26. The highest BCUT2D eigenvalue weighted by Gasteiger charge is 2.34. The van der Waals surface area contributed by atoms with Crippen LogP contribution in [0.3, 0.4) is 0 Å². The van der Waals surface area contributed by atoms with Crippen LogP contribution >= 0.6 is 0 Å². The van der Waals surface area contributed by atoms with Gasteiger partial charge in [-0.3, -0.25) is 9.36 Å². The van der Waals surface area contributed by atoms with Gasteiger partial charge in [0.1, 0.15) is 6.33 Å². The number of carbonyl (C=O) groups is 1. The van der Waals surface area contributed by atoms with Crippen LogP contribution < -0.4 is 5.32 Å². The molecule has 136 valence electrons. The van der Waals surface area contributed by atoms with Crippen LogP contribution in [0.1, 0.15) is 32.3 Å². The molecule has 0 fully saturated rings. The second kappa shape index (κ2) is 7.70. The van der Waals surface area contributed by atoms with Crippen molar-refractivity contribution in [3.8, 4) is 5.69 Å². The smallest absolute Gasteiger partial charge is 0.310 e. The first kappa shape index (κ1) is 18.1. The van der Waals surface area contributed by atoms with Gasteiger partial charge in [-0.2, -0.15) is 0 Å². The zero-order valence-electron chi connectivity index (χ0n) is 15.3. The average molecular weight is 351 g/mol. The van der Waals surface area contributed by atoms with Crippen LogP contribution in [-0.4, -0.2) is 27.2 Å². The lowest BCUT2D eigenvalue weighted by Crippen LogP contribution is -2.39. The molecule has 0 saturated carbocycles. The van der Waals surface area contributed by atoms with Gasteiger partial charge in [0.2, 0.25) is 0 Å². The Labute approximate surface area is 153 Å². The Morgan fingerprint density at radius 3 is 2.46 bits per heavy atom. The number of aromatic nitrogens is 2. The van der Waals surface area contributed by atoms with Gasteiger partial charge in [-0.05, 0) is 42.7 Å². The number of rotatable bonds is 8. The lowest BCUT2D eigenvalue weighted by molar-refractivity contribution is -0.149. The van der Waals surface area contributed by atoms with Crippen molar-refractivity contribution < 1.29 is 9.90 Å². The summed E-state index contributed by atoms with van der Waals surface area (Å²) < 4.78 is 2.07. The summed E-state index contributed by atoms with van der Waals surface area (Å²) in [5, 5.41) is 12.8. The molecule has 0 aliphatic heterocycles. The highest BCUT2D eigenvalue weighted by atomic mass is 16.4. The highest BCUT2D eigenvalue weighted by molar-refractivity contribution is 5.77. The van der Waals surface area contributed by atoms with Crippen molar-refractivity contribution in [3.63, 3.8) is 0 Å². The van der Waals surface area contributed by atoms with E-state index in [2.05, 4.69) is 45.2 Å². The highest BCUT2D eigenvalue weighted by Crippen LogP contribution is 2.26. The number of hydrogen-bond acceptors (Lipinski definition) is 3. The quantitative estimate of drug-likeness (QED) is 0.643. The number of hydrogen-bond donors (Lipinski definition) is 2. The third-order valence-corrected chi connectivity index (χ3v) is 5.27. The molecule has 0 saturated heterocycles. The summed E-state index contributed by atoms with van der Waals surface area (Å²) in [5.41, 5.74) is 3.56. The molecule has 0 bridgehead atoms. The molecule has 5 nitrogen and oxygen atoms in total. The Morgan fingerprint density at radius 1 is 1.12 bits per heavy atom. The van der Waals surface area contributed by atoms with E-state index in [4.69, 9.17) is 0 Å². The van der Waals surface area contributed by atoms with Crippen molar-refractivity contribution in [3.05, 3.63) is 60.4 Å². The molecule has 3 rings (SSSR count). The maximum absolute atomic E-state index is 11.6. The zero-order valence-corrected chi connectivity index (χ0v) is 15.3. The normalized spacial score (nSPS) is 11.8. The lowest BCUT2D eigenvalue weighted by atomic mass is 9.82. The minimum Gasteiger partial charge on any atom is -0.481 e. The molecular formula is C21H25N3O2. The molecule has 0 aliphatic rings. The van der Waals surface area contributed by atoms with Crippen LogP contribution in [0.5, 0.6) is 0 Å². The maximum atomic E-state index is 11.6. The van der Waals surface area contributed by atoms with Gasteiger partial charge in [0.15, 0.2) is 0 Å². The summed E-state index contributed by atoms with van der Waals surface area (Å²) in [5.74, 6) is -0.725. The molecule has 1 aromatic heterocycles. The molecule has 5 heteroatoms. The van der Waals surface area contributed by atoms with Crippen LogP contribution in [-0.2, 0) is 11.3 Å². The second-order valence-corrected chi connectivity index (χ2v) is 6.67. The van der Waals surface area contributed by atoms with E-state index >= 15 is 0 Å².